The summed E-state index contributed by atoms with van der Waals surface area (Å²) in [5.74, 6) is 8.87. The molecule has 1 aliphatic heterocycles. The predicted molar refractivity (Wildman–Crippen MR) is 52.3 cm³/mol. The highest BCUT2D eigenvalue weighted by molar-refractivity contribution is 7.99. The molecule has 11 heavy (non-hydrogen) atoms. The molecule has 1 heterocycles. The van der Waals surface area contributed by atoms with Gasteiger partial charge in [0.15, 0.2) is 0 Å². The summed E-state index contributed by atoms with van der Waals surface area (Å²) in [6.07, 6.45) is 0. The van der Waals surface area contributed by atoms with Crippen LogP contribution in [-0.2, 0) is 0 Å². The van der Waals surface area contributed by atoms with E-state index in [1.807, 2.05) is 11.8 Å². The standard InChI is InChI=1S/C8H12ClNS/c9-3-1-2-4-10-5-7-11-8-6-10/h3-8H2. The first-order valence-electron chi connectivity index (χ1n) is 3.75. The molecule has 1 nitrogen and oxygen atoms in total. The lowest BCUT2D eigenvalue weighted by atomic mass is 10.4. The molecule has 1 saturated heterocycles. The van der Waals surface area contributed by atoms with Gasteiger partial charge in [-0.05, 0) is 0 Å². The molecule has 3 heteroatoms. The molecule has 62 valence electrons. The maximum absolute atomic E-state index is 5.42. The minimum absolute atomic E-state index is 0.461. The van der Waals surface area contributed by atoms with Gasteiger partial charge >= 0.3 is 0 Å². The van der Waals surface area contributed by atoms with Gasteiger partial charge in [-0.25, -0.2) is 0 Å². The number of rotatable bonds is 1. The quantitative estimate of drug-likeness (QED) is 0.452. The van der Waals surface area contributed by atoms with E-state index in [9.17, 15) is 0 Å². The summed E-state index contributed by atoms with van der Waals surface area (Å²) in [6, 6.07) is 0. The molecule has 0 aromatic heterocycles. The molecule has 0 aromatic rings. The Hall–Kier alpha value is 0.160. The molecule has 0 spiro atoms. The number of hydrogen-bond donors (Lipinski definition) is 0. The van der Waals surface area contributed by atoms with Gasteiger partial charge in [-0.15, -0.1) is 11.6 Å². The van der Waals surface area contributed by atoms with Gasteiger partial charge in [0, 0.05) is 24.6 Å². The van der Waals surface area contributed by atoms with Crippen LogP contribution < -0.4 is 0 Å². The van der Waals surface area contributed by atoms with Crippen LogP contribution in [0.3, 0.4) is 0 Å². The van der Waals surface area contributed by atoms with E-state index in [1.54, 1.807) is 0 Å². The summed E-state index contributed by atoms with van der Waals surface area (Å²) in [4.78, 5) is 2.37. The Morgan fingerprint density at radius 3 is 2.64 bits per heavy atom. The Morgan fingerprint density at radius 2 is 2.00 bits per heavy atom. The van der Waals surface area contributed by atoms with E-state index in [4.69, 9.17) is 11.6 Å². The molecule has 0 unspecified atom stereocenters. The molecule has 0 amide bonds. The Kier molecular flexibility index (Phi) is 4.85. The van der Waals surface area contributed by atoms with Crippen LogP contribution >= 0.6 is 23.4 Å². The first-order chi connectivity index (χ1) is 5.43. The maximum atomic E-state index is 5.42. The molecule has 0 atom stereocenters. The average molecular weight is 190 g/mol. The smallest absolute Gasteiger partial charge is 0.0835 e. The summed E-state index contributed by atoms with van der Waals surface area (Å²) in [5.41, 5.74) is 0. The zero-order valence-corrected chi connectivity index (χ0v) is 8.05. The minimum atomic E-state index is 0.461. The Morgan fingerprint density at radius 1 is 1.27 bits per heavy atom. The van der Waals surface area contributed by atoms with Crippen molar-refractivity contribution in [2.75, 3.05) is 37.0 Å². The Balaban J connectivity index is 2.14. The van der Waals surface area contributed by atoms with Gasteiger partial charge in [-0.2, -0.15) is 11.8 Å². The predicted octanol–water partition coefficient (Wildman–Crippen LogP) is 1.28. The van der Waals surface area contributed by atoms with Gasteiger partial charge in [0.2, 0.25) is 0 Å². The molecular weight excluding hydrogens is 178 g/mol. The molecule has 0 bridgehead atoms. The number of hydrogen-bond acceptors (Lipinski definition) is 2. The first kappa shape index (κ1) is 9.25. The van der Waals surface area contributed by atoms with Crippen LogP contribution in [0, 0.1) is 11.8 Å². The van der Waals surface area contributed by atoms with Crippen LogP contribution in [-0.4, -0.2) is 41.9 Å². The fourth-order valence-corrected chi connectivity index (χ4v) is 2.05. The summed E-state index contributed by atoms with van der Waals surface area (Å²) < 4.78 is 0. The van der Waals surface area contributed by atoms with Crippen molar-refractivity contribution in [2.45, 2.75) is 0 Å². The van der Waals surface area contributed by atoms with Crippen molar-refractivity contribution in [3.63, 3.8) is 0 Å². The van der Waals surface area contributed by atoms with Crippen molar-refractivity contribution in [3.8, 4) is 11.8 Å². The number of nitrogens with zero attached hydrogens (tertiary/aromatic N) is 1. The molecule has 0 N–H and O–H groups in total. The van der Waals surface area contributed by atoms with Crippen LogP contribution in [0.15, 0.2) is 0 Å². The zero-order chi connectivity index (χ0) is 7.94. The highest BCUT2D eigenvalue weighted by Gasteiger charge is 2.07. The van der Waals surface area contributed by atoms with Gasteiger partial charge in [0.1, 0.15) is 0 Å². The van der Waals surface area contributed by atoms with Crippen LogP contribution in [0.5, 0.6) is 0 Å². The van der Waals surface area contributed by atoms with E-state index >= 15 is 0 Å². The SMILES string of the molecule is ClCC#CCN1CCSCC1. The van der Waals surface area contributed by atoms with Crippen LogP contribution in [0.2, 0.25) is 0 Å². The average Bonchev–Trinajstić information content (AvgIpc) is 2.07. The molecule has 1 aliphatic rings. The fraction of sp³-hybridized carbons (Fsp3) is 0.750. The van der Waals surface area contributed by atoms with Crippen LogP contribution in [0.1, 0.15) is 0 Å². The third-order valence-electron chi connectivity index (χ3n) is 1.60. The number of thioether (sulfide) groups is 1. The summed E-state index contributed by atoms with van der Waals surface area (Å²) >= 11 is 7.44. The van der Waals surface area contributed by atoms with E-state index < -0.39 is 0 Å². The van der Waals surface area contributed by atoms with Gasteiger partial charge < -0.3 is 0 Å². The zero-order valence-electron chi connectivity index (χ0n) is 6.48. The Bertz CT molecular complexity index is 155. The van der Waals surface area contributed by atoms with Gasteiger partial charge in [-0.1, -0.05) is 11.8 Å². The highest BCUT2D eigenvalue weighted by Crippen LogP contribution is 2.07. The number of halogens is 1. The van der Waals surface area contributed by atoms with Gasteiger partial charge in [0.25, 0.3) is 0 Å². The molecule has 1 rings (SSSR count). The highest BCUT2D eigenvalue weighted by atomic mass is 35.5. The van der Waals surface area contributed by atoms with E-state index in [0.717, 1.165) is 6.54 Å². The van der Waals surface area contributed by atoms with Crippen molar-refractivity contribution >= 4 is 23.4 Å². The summed E-state index contributed by atoms with van der Waals surface area (Å²) in [7, 11) is 0. The molecule has 0 saturated carbocycles. The van der Waals surface area contributed by atoms with E-state index in [0.29, 0.717) is 5.88 Å². The lowest BCUT2D eigenvalue weighted by Gasteiger charge is -2.23. The van der Waals surface area contributed by atoms with E-state index in [-0.39, 0.29) is 0 Å². The van der Waals surface area contributed by atoms with Crippen molar-refractivity contribution in [1.29, 1.82) is 0 Å². The molecule has 0 aromatic carbocycles. The topological polar surface area (TPSA) is 3.24 Å². The largest absolute Gasteiger partial charge is 0.291 e. The fourth-order valence-electron chi connectivity index (χ4n) is 0.974. The molecule has 0 radical (unpaired) electrons. The number of alkyl halides is 1. The summed E-state index contributed by atoms with van der Waals surface area (Å²) in [5, 5.41) is 0. The summed E-state index contributed by atoms with van der Waals surface area (Å²) in [6.45, 7) is 3.26. The van der Waals surface area contributed by atoms with Crippen LogP contribution in [0.25, 0.3) is 0 Å². The van der Waals surface area contributed by atoms with E-state index in [1.165, 1.54) is 24.6 Å². The second-order valence-corrected chi connectivity index (χ2v) is 3.87. The monoisotopic (exact) mass is 189 g/mol. The van der Waals surface area contributed by atoms with Crippen LogP contribution in [0.4, 0.5) is 0 Å². The van der Waals surface area contributed by atoms with Crippen molar-refractivity contribution in [3.05, 3.63) is 0 Å². The van der Waals surface area contributed by atoms with Crippen molar-refractivity contribution in [2.24, 2.45) is 0 Å². The third-order valence-corrected chi connectivity index (χ3v) is 2.67. The van der Waals surface area contributed by atoms with Crippen molar-refractivity contribution < 1.29 is 0 Å². The lowest BCUT2D eigenvalue weighted by Crippen LogP contribution is -2.32. The molecular formula is C8H12ClNS. The van der Waals surface area contributed by atoms with Crippen molar-refractivity contribution in [1.82, 2.24) is 4.90 Å². The third kappa shape index (κ3) is 3.91. The molecule has 1 fully saturated rings. The van der Waals surface area contributed by atoms with Gasteiger partial charge in [-0.3, -0.25) is 4.90 Å². The Labute approximate surface area is 77.5 Å². The van der Waals surface area contributed by atoms with E-state index in [2.05, 4.69) is 16.7 Å². The van der Waals surface area contributed by atoms with Gasteiger partial charge in [0.05, 0.1) is 12.4 Å². The second kappa shape index (κ2) is 5.77. The maximum Gasteiger partial charge on any atom is 0.0835 e. The normalized spacial score (nSPS) is 19.0. The minimum Gasteiger partial charge on any atom is -0.291 e. The molecule has 0 aliphatic carbocycles. The lowest BCUT2D eigenvalue weighted by molar-refractivity contribution is 0.341. The first-order valence-corrected chi connectivity index (χ1v) is 5.44. The second-order valence-electron chi connectivity index (χ2n) is 2.38.